The van der Waals surface area contributed by atoms with Crippen molar-refractivity contribution >= 4 is 17.4 Å². The van der Waals surface area contributed by atoms with Gasteiger partial charge in [-0.1, -0.05) is 0 Å². The number of carbonyl (C=O) groups is 1. The van der Waals surface area contributed by atoms with Crippen LogP contribution in [0.4, 0.5) is 11.5 Å². The number of anilines is 1. The van der Waals surface area contributed by atoms with Crippen LogP contribution in [0, 0.1) is 23.0 Å². The van der Waals surface area contributed by atoms with Crippen LogP contribution in [0.15, 0.2) is 0 Å². The smallest absolute Gasteiger partial charge is 0.333 e. The maximum Gasteiger partial charge on any atom is 0.333 e. The second kappa shape index (κ2) is 5.48. The summed E-state index contributed by atoms with van der Waals surface area (Å²) in [7, 11) is 3.30. The van der Waals surface area contributed by atoms with Crippen LogP contribution in [0.3, 0.4) is 0 Å². The lowest BCUT2D eigenvalue weighted by atomic mass is 9.97. The van der Waals surface area contributed by atoms with Gasteiger partial charge in [-0.05, 0) is 19.8 Å². The molecule has 8 nitrogen and oxygen atoms in total. The monoisotopic (exact) mass is 281 g/mol. The Hall–Kier alpha value is -2.12. The summed E-state index contributed by atoms with van der Waals surface area (Å²) in [6, 6.07) is 0. The van der Waals surface area contributed by atoms with Crippen molar-refractivity contribution in [1.82, 2.24) is 15.1 Å². The third-order valence-electron chi connectivity index (χ3n) is 3.68. The number of piperidine rings is 1. The third kappa shape index (κ3) is 2.45. The Kier molecular flexibility index (Phi) is 3.91. The minimum Gasteiger partial charge on any atom is -0.359 e. The summed E-state index contributed by atoms with van der Waals surface area (Å²) in [4.78, 5) is 24.5. The van der Waals surface area contributed by atoms with E-state index in [1.54, 1.807) is 21.0 Å². The first kappa shape index (κ1) is 14.3. The van der Waals surface area contributed by atoms with Crippen molar-refractivity contribution in [3.63, 3.8) is 0 Å². The van der Waals surface area contributed by atoms with E-state index in [1.807, 2.05) is 4.90 Å². The van der Waals surface area contributed by atoms with Gasteiger partial charge in [-0.15, -0.1) is 0 Å². The van der Waals surface area contributed by atoms with E-state index in [9.17, 15) is 14.9 Å². The molecule has 1 saturated heterocycles. The van der Waals surface area contributed by atoms with E-state index in [2.05, 4.69) is 10.4 Å². The molecule has 0 aromatic carbocycles. The Morgan fingerprint density at radius 1 is 1.55 bits per heavy atom. The van der Waals surface area contributed by atoms with Crippen molar-refractivity contribution in [2.45, 2.75) is 19.8 Å². The fourth-order valence-electron chi connectivity index (χ4n) is 2.79. The van der Waals surface area contributed by atoms with Gasteiger partial charge in [0.05, 0.1) is 10.8 Å². The van der Waals surface area contributed by atoms with Crippen molar-refractivity contribution < 1.29 is 9.72 Å². The molecule has 8 heteroatoms. The largest absolute Gasteiger partial charge is 0.359 e. The zero-order valence-corrected chi connectivity index (χ0v) is 11.9. The summed E-state index contributed by atoms with van der Waals surface area (Å²) in [5, 5.41) is 18.0. The van der Waals surface area contributed by atoms with Gasteiger partial charge in [-0.2, -0.15) is 5.10 Å². The maximum atomic E-state index is 11.8. The molecule has 1 aliphatic heterocycles. The zero-order valence-electron chi connectivity index (χ0n) is 11.9. The van der Waals surface area contributed by atoms with Gasteiger partial charge < -0.3 is 10.2 Å². The maximum absolute atomic E-state index is 11.8. The van der Waals surface area contributed by atoms with Crippen LogP contribution in [0.5, 0.6) is 0 Å². The number of carbonyl (C=O) groups excluding carboxylic acids is 1. The Balaban J connectivity index is 2.32. The van der Waals surface area contributed by atoms with Crippen molar-refractivity contribution in [1.29, 1.82) is 0 Å². The molecule has 0 aliphatic carbocycles. The average Bonchev–Trinajstić information content (AvgIpc) is 2.72. The molecule has 0 spiro atoms. The van der Waals surface area contributed by atoms with Crippen LogP contribution in [0.2, 0.25) is 0 Å². The van der Waals surface area contributed by atoms with E-state index >= 15 is 0 Å². The highest BCUT2D eigenvalue weighted by Gasteiger charge is 2.33. The minimum atomic E-state index is -0.402. The van der Waals surface area contributed by atoms with Gasteiger partial charge in [0.15, 0.2) is 0 Å². The van der Waals surface area contributed by atoms with E-state index < -0.39 is 4.92 Å². The van der Waals surface area contributed by atoms with Crippen molar-refractivity contribution in [3.8, 4) is 0 Å². The second-order valence-corrected chi connectivity index (χ2v) is 5.04. The second-order valence-electron chi connectivity index (χ2n) is 5.04. The van der Waals surface area contributed by atoms with Crippen molar-refractivity contribution in [2.24, 2.45) is 13.0 Å². The minimum absolute atomic E-state index is 0.0174. The predicted molar refractivity (Wildman–Crippen MR) is 73.6 cm³/mol. The molecule has 1 aromatic rings. The Morgan fingerprint density at radius 3 is 2.85 bits per heavy atom. The lowest BCUT2D eigenvalue weighted by Crippen LogP contribution is -2.43. The summed E-state index contributed by atoms with van der Waals surface area (Å²) < 4.78 is 1.53. The SMILES string of the molecule is CNC(=O)C1CCCN(c2c([N+](=O)[O-])c(C)nn2C)C1. The number of aromatic nitrogens is 2. The topological polar surface area (TPSA) is 93.3 Å². The standard InChI is InChI=1S/C12H19N5O3/c1-8-10(17(19)20)12(15(3)14-8)16-6-4-5-9(7-16)11(18)13-2/h9H,4-7H2,1-3H3,(H,13,18). The first-order valence-corrected chi connectivity index (χ1v) is 6.60. The Labute approximate surface area is 116 Å². The molecule has 2 rings (SSSR count). The molecule has 110 valence electrons. The molecule has 1 fully saturated rings. The molecule has 2 heterocycles. The van der Waals surface area contributed by atoms with Crippen LogP contribution in [0.1, 0.15) is 18.5 Å². The van der Waals surface area contributed by atoms with Gasteiger partial charge in [0.25, 0.3) is 0 Å². The molecule has 20 heavy (non-hydrogen) atoms. The normalized spacial score (nSPS) is 18.9. The zero-order chi connectivity index (χ0) is 14.9. The third-order valence-corrected chi connectivity index (χ3v) is 3.68. The fourth-order valence-corrected chi connectivity index (χ4v) is 2.79. The summed E-state index contributed by atoms with van der Waals surface area (Å²) in [5.41, 5.74) is 0.430. The number of rotatable bonds is 3. The van der Waals surface area contributed by atoms with Crippen LogP contribution >= 0.6 is 0 Å². The molecule has 0 bridgehead atoms. The van der Waals surface area contributed by atoms with E-state index in [0.29, 0.717) is 24.6 Å². The lowest BCUT2D eigenvalue weighted by molar-refractivity contribution is -0.384. The number of amides is 1. The van der Waals surface area contributed by atoms with Crippen LogP contribution in [-0.2, 0) is 11.8 Å². The Bertz CT molecular complexity index is 539. The molecule has 1 aromatic heterocycles. The lowest BCUT2D eigenvalue weighted by Gasteiger charge is -2.32. The van der Waals surface area contributed by atoms with Gasteiger partial charge in [-0.25, -0.2) is 4.68 Å². The van der Waals surface area contributed by atoms with Crippen LogP contribution in [0.25, 0.3) is 0 Å². The van der Waals surface area contributed by atoms with E-state index in [0.717, 1.165) is 12.8 Å². The van der Waals surface area contributed by atoms with Gasteiger partial charge in [0, 0.05) is 27.2 Å². The number of nitrogens with zero attached hydrogens (tertiary/aromatic N) is 4. The molecule has 1 atom stereocenters. The van der Waals surface area contributed by atoms with E-state index in [1.165, 1.54) is 4.68 Å². The summed E-state index contributed by atoms with van der Waals surface area (Å²) in [6.07, 6.45) is 1.64. The van der Waals surface area contributed by atoms with Gasteiger partial charge in [0.1, 0.15) is 5.69 Å². The number of nitrogens with one attached hydrogen (secondary N) is 1. The first-order valence-electron chi connectivity index (χ1n) is 6.60. The first-order chi connectivity index (χ1) is 9.45. The van der Waals surface area contributed by atoms with Gasteiger partial charge >= 0.3 is 5.69 Å². The molecule has 0 radical (unpaired) electrons. The highest BCUT2D eigenvalue weighted by molar-refractivity contribution is 5.79. The average molecular weight is 281 g/mol. The number of hydrogen-bond acceptors (Lipinski definition) is 5. The summed E-state index contributed by atoms with van der Waals surface area (Å²) in [5.74, 6) is 0.334. The molecule has 1 N–H and O–H groups in total. The van der Waals surface area contributed by atoms with E-state index in [4.69, 9.17) is 0 Å². The van der Waals surface area contributed by atoms with Gasteiger partial charge in [0.2, 0.25) is 11.7 Å². The Morgan fingerprint density at radius 2 is 2.25 bits per heavy atom. The highest BCUT2D eigenvalue weighted by atomic mass is 16.6. The molecule has 1 aliphatic rings. The number of hydrogen-bond donors (Lipinski definition) is 1. The molecular weight excluding hydrogens is 262 g/mol. The number of nitro groups is 1. The molecule has 1 unspecified atom stereocenters. The van der Waals surface area contributed by atoms with Crippen LogP contribution in [-0.4, -0.2) is 40.7 Å². The molecule has 1 amide bonds. The quantitative estimate of drug-likeness (QED) is 0.647. The van der Waals surface area contributed by atoms with Crippen molar-refractivity contribution in [3.05, 3.63) is 15.8 Å². The highest BCUT2D eigenvalue weighted by Crippen LogP contribution is 2.33. The van der Waals surface area contributed by atoms with Crippen LogP contribution < -0.4 is 10.2 Å². The van der Waals surface area contributed by atoms with E-state index in [-0.39, 0.29) is 17.5 Å². The summed E-state index contributed by atoms with van der Waals surface area (Å²) >= 11 is 0. The van der Waals surface area contributed by atoms with Crippen molar-refractivity contribution in [2.75, 3.05) is 25.0 Å². The predicted octanol–water partition coefficient (Wildman–Crippen LogP) is 0.599. The summed E-state index contributed by atoms with van der Waals surface area (Å²) in [6.45, 7) is 2.81. The number of aryl methyl sites for hydroxylation is 2. The fraction of sp³-hybridized carbons (Fsp3) is 0.667. The molecular formula is C12H19N5O3. The van der Waals surface area contributed by atoms with Gasteiger partial charge in [-0.3, -0.25) is 14.9 Å². The molecule has 0 saturated carbocycles.